The molecule has 20 heavy (non-hydrogen) atoms. The van der Waals surface area contributed by atoms with Crippen molar-refractivity contribution in [3.63, 3.8) is 0 Å². The molecule has 2 aromatic heterocycles. The Bertz CT molecular complexity index is 569. The van der Waals surface area contributed by atoms with Crippen molar-refractivity contribution in [3.8, 4) is 11.4 Å². The van der Waals surface area contributed by atoms with Crippen LogP contribution in [0.3, 0.4) is 0 Å². The van der Waals surface area contributed by atoms with Gasteiger partial charge in [0.1, 0.15) is 0 Å². The lowest BCUT2D eigenvalue weighted by Crippen LogP contribution is -2.14. The molecule has 0 aromatic carbocycles. The second-order valence-electron chi connectivity index (χ2n) is 4.30. The average molecular weight is 291 g/mol. The molecule has 6 nitrogen and oxygen atoms in total. The topological polar surface area (TPSA) is 86.7 Å². The number of thioether (sulfide) groups is 1. The highest BCUT2D eigenvalue weighted by Gasteiger charge is 2.14. The van der Waals surface area contributed by atoms with Crippen LogP contribution in [0.5, 0.6) is 0 Å². The molecule has 0 atom stereocenters. The van der Waals surface area contributed by atoms with Crippen LogP contribution in [0.1, 0.15) is 19.8 Å². The first-order chi connectivity index (χ1) is 9.72. The lowest BCUT2D eigenvalue weighted by Gasteiger charge is -2.08. The number of amides is 1. The van der Waals surface area contributed by atoms with E-state index >= 15 is 0 Å². The molecule has 0 saturated heterocycles. The number of nitrogens with two attached hydrogens (primary N) is 1. The van der Waals surface area contributed by atoms with Gasteiger partial charge in [0.05, 0.1) is 5.75 Å². The number of primary amides is 1. The van der Waals surface area contributed by atoms with Crippen LogP contribution in [0.15, 0.2) is 29.7 Å². The van der Waals surface area contributed by atoms with Gasteiger partial charge in [-0.3, -0.25) is 9.78 Å². The van der Waals surface area contributed by atoms with Crippen LogP contribution in [-0.4, -0.2) is 31.4 Å². The molecule has 0 bridgehead atoms. The van der Waals surface area contributed by atoms with Gasteiger partial charge >= 0.3 is 0 Å². The van der Waals surface area contributed by atoms with E-state index in [1.807, 2.05) is 16.7 Å². The van der Waals surface area contributed by atoms with E-state index in [0.717, 1.165) is 35.9 Å². The third-order valence-corrected chi connectivity index (χ3v) is 3.72. The summed E-state index contributed by atoms with van der Waals surface area (Å²) < 4.78 is 2.03. The van der Waals surface area contributed by atoms with Gasteiger partial charge in [0, 0.05) is 24.5 Å². The molecule has 0 fully saturated rings. The van der Waals surface area contributed by atoms with E-state index in [1.165, 1.54) is 11.8 Å². The van der Waals surface area contributed by atoms with Crippen molar-refractivity contribution in [2.45, 2.75) is 31.5 Å². The van der Waals surface area contributed by atoms with Crippen LogP contribution in [0.2, 0.25) is 0 Å². The Morgan fingerprint density at radius 1 is 1.35 bits per heavy atom. The first-order valence-corrected chi connectivity index (χ1v) is 7.45. The molecular weight excluding hydrogens is 274 g/mol. The average Bonchev–Trinajstić information content (AvgIpc) is 2.86. The molecule has 0 saturated carbocycles. The smallest absolute Gasteiger partial charge is 0.227 e. The van der Waals surface area contributed by atoms with Crippen LogP contribution in [0, 0.1) is 0 Å². The number of hydrogen-bond acceptors (Lipinski definition) is 5. The molecule has 0 spiro atoms. The summed E-state index contributed by atoms with van der Waals surface area (Å²) in [6.45, 7) is 2.95. The lowest BCUT2D eigenvalue weighted by molar-refractivity contribution is -0.115. The summed E-state index contributed by atoms with van der Waals surface area (Å²) in [5.41, 5.74) is 6.15. The Labute approximate surface area is 121 Å². The van der Waals surface area contributed by atoms with E-state index in [9.17, 15) is 4.79 Å². The van der Waals surface area contributed by atoms with E-state index in [0.29, 0.717) is 0 Å². The maximum absolute atomic E-state index is 10.9. The third kappa shape index (κ3) is 3.57. The second-order valence-corrected chi connectivity index (χ2v) is 5.24. The zero-order valence-corrected chi connectivity index (χ0v) is 12.1. The van der Waals surface area contributed by atoms with Crippen molar-refractivity contribution in [2.75, 3.05) is 5.75 Å². The van der Waals surface area contributed by atoms with E-state index in [-0.39, 0.29) is 11.7 Å². The van der Waals surface area contributed by atoms with Gasteiger partial charge < -0.3 is 10.3 Å². The number of nitrogens with zero attached hydrogens (tertiary/aromatic N) is 4. The molecular formula is C13H17N5OS. The molecule has 2 heterocycles. The molecule has 1 amide bonds. The fourth-order valence-electron chi connectivity index (χ4n) is 1.76. The van der Waals surface area contributed by atoms with Gasteiger partial charge in [0.15, 0.2) is 11.0 Å². The minimum absolute atomic E-state index is 0.209. The zero-order valence-electron chi connectivity index (χ0n) is 11.3. The predicted octanol–water partition coefficient (Wildman–Crippen LogP) is 1.72. The molecule has 7 heteroatoms. The largest absolute Gasteiger partial charge is 0.369 e. The van der Waals surface area contributed by atoms with Gasteiger partial charge in [0.25, 0.3) is 0 Å². The Morgan fingerprint density at radius 2 is 2.10 bits per heavy atom. The number of pyridine rings is 1. The zero-order chi connectivity index (χ0) is 14.4. The van der Waals surface area contributed by atoms with E-state index < -0.39 is 0 Å². The van der Waals surface area contributed by atoms with Crippen molar-refractivity contribution in [3.05, 3.63) is 24.5 Å². The normalized spacial score (nSPS) is 10.7. The SMILES string of the molecule is CCCCn1c(SCC(N)=O)nnc1-c1ccncc1. The number of rotatable bonds is 7. The molecule has 106 valence electrons. The number of unbranched alkanes of at least 4 members (excludes halogenated alkanes) is 1. The quantitative estimate of drug-likeness (QED) is 0.785. The first kappa shape index (κ1) is 14.5. The van der Waals surface area contributed by atoms with Crippen LogP contribution in [-0.2, 0) is 11.3 Å². The summed E-state index contributed by atoms with van der Waals surface area (Å²) >= 11 is 1.32. The number of carbonyl (C=O) groups excluding carboxylic acids is 1. The number of aromatic nitrogens is 4. The van der Waals surface area contributed by atoms with Gasteiger partial charge in [-0.15, -0.1) is 10.2 Å². The van der Waals surface area contributed by atoms with Crippen molar-refractivity contribution in [1.29, 1.82) is 0 Å². The third-order valence-electron chi connectivity index (χ3n) is 2.73. The van der Waals surface area contributed by atoms with Crippen LogP contribution in [0.25, 0.3) is 11.4 Å². The van der Waals surface area contributed by atoms with Crippen LogP contribution >= 0.6 is 11.8 Å². The molecule has 2 rings (SSSR count). The Hall–Kier alpha value is -1.89. The van der Waals surface area contributed by atoms with Gasteiger partial charge in [-0.2, -0.15) is 0 Å². The van der Waals surface area contributed by atoms with Crippen LogP contribution < -0.4 is 5.73 Å². The standard InChI is InChI=1S/C13H17N5OS/c1-2-3-8-18-12(10-4-6-15-7-5-10)16-17-13(18)20-9-11(14)19/h4-7H,2-3,8-9H2,1H3,(H2,14,19). The molecule has 0 unspecified atom stereocenters. The van der Waals surface area contributed by atoms with E-state index in [4.69, 9.17) is 5.73 Å². The van der Waals surface area contributed by atoms with Gasteiger partial charge in [0.2, 0.25) is 5.91 Å². The monoisotopic (exact) mass is 291 g/mol. The number of hydrogen-bond donors (Lipinski definition) is 1. The Balaban J connectivity index is 2.29. The maximum Gasteiger partial charge on any atom is 0.227 e. The Morgan fingerprint density at radius 3 is 2.75 bits per heavy atom. The van der Waals surface area contributed by atoms with Crippen molar-refractivity contribution in [1.82, 2.24) is 19.7 Å². The summed E-state index contributed by atoms with van der Waals surface area (Å²) in [4.78, 5) is 14.9. The predicted molar refractivity (Wildman–Crippen MR) is 78.1 cm³/mol. The first-order valence-electron chi connectivity index (χ1n) is 6.47. The molecule has 2 aromatic rings. The fraction of sp³-hybridized carbons (Fsp3) is 0.385. The summed E-state index contributed by atoms with van der Waals surface area (Å²) in [6.07, 6.45) is 5.56. The van der Waals surface area contributed by atoms with Crippen molar-refractivity contribution < 1.29 is 4.79 Å². The minimum atomic E-state index is -0.356. The fourth-order valence-corrected chi connectivity index (χ4v) is 2.47. The number of carbonyl (C=O) groups is 1. The molecule has 0 aliphatic carbocycles. The van der Waals surface area contributed by atoms with Gasteiger partial charge in [-0.05, 0) is 18.6 Å². The summed E-state index contributed by atoms with van der Waals surface area (Å²) in [6, 6.07) is 3.80. The summed E-state index contributed by atoms with van der Waals surface area (Å²) in [7, 11) is 0. The highest BCUT2D eigenvalue weighted by atomic mass is 32.2. The Kier molecular flexibility index (Phi) is 5.11. The van der Waals surface area contributed by atoms with Gasteiger partial charge in [-0.1, -0.05) is 25.1 Å². The van der Waals surface area contributed by atoms with Gasteiger partial charge in [-0.25, -0.2) is 0 Å². The molecule has 0 radical (unpaired) electrons. The minimum Gasteiger partial charge on any atom is -0.369 e. The maximum atomic E-state index is 10.9. The second kappa shape index (κ2) is 7.04. The highest BCUT2D eigenvalue weighted by Crippen LogP contribution is 2.23. The van der Waals surface area contributed by atoms with E-state index in [2.05, 4.69) is 22.1 Å². The van der Waals surface area contributed by atoms with Crippen LogP contribution in [0.4, 0.5) is 0 Å². The lowest BCUT2D eigenvalue weighted by atomic mass is 10.2. The van der Waals surface area contributed by atoms with Crippen molar-refractivity contribution in [2.24, 2.45) is 5.73 Å². The van der Waals surface area contributed by atoms with E-state index in [1.54, 1.807) is 12.4 Å². The summed E-state index contributed by atoms with van der Waals surface area (Å²) in [5.74, 6) is 0.652. The van der Waals surface area contributed by atoms with Crippen molar-refractivity contribution >= 4 is 17.7 Å². The highest BCUT2D eigenvalue weighted by molar-refractivity contribution is 7.99. The molecule has 0 aliphatic heterocycles. The summed E-state index contributed by atoms with van der Waals surface area (Å²) in [5, 5.41) is 9.12. The molecule has 0 aliphatic rings. The molecule has 2 N–H and O–H groups in total.